The number of alkyl halides is 3. The Balaban J connectivity index is 2.92. The molecule has 0 aromatic carbocycles. The van der Waals surface area contributed by atoms with Crippen LogP contribution in [0.4, 0.5) is 13.2 Å². The average molecular weight is 174 g/mol. The lowest BCUT2D eigenvalue weighted by Gasteiger charge is -2.04. The minimum absolute atomic E-state index is 0.584. The first-order valence-corrected chi connectivity index (χ1v) is 3.61. The maximum atomic E-state index is 12.1. The fourth-order valence-corrected chi connectivity index (χ4v) is 0.916. The highest BCUT2D eigenvalue weighted by Gasteiger charge is 2.31. The van der Waals surface area contributed by atoms with Crippen molar-refractivity contribution in [3.63, 3.8) is 0 Å². The first-order chi connectivity index (χ1) is 5.50. The molecule has 0 N–H and O–H groups in total. The Morgan fingerprint density at radius 3 is 2.50 bits per heavy atom. The van der Waals surface area contributed by atoms with E-state index in [4.69, 9.17) is 0 Å². The number of hydrogen-bond donors (Lipinski definition) is 0. The zero-order valence-electron chi connectivity index (χ0n) is 6.65. The summed E-state index contributed by atoms with van der Waals surface area (Å²) in [6, 6.07) is 0. The molecule has 0 unspecified atom stereocenters. The molecule has 0 aliphatic heterocycles. The van der Waals surface area contributed by atoms with Gasteiger partial charge in [0.15, 0.2) is 0 Å². The molecule has 0 atom stereocenters. The summed E-state index contributed by atoms with van der Waals surface area (Å²) in [6.07, 6.45) is 1.63. The van der Waals surface area contributed by atoms with Crippen molar-refractivity contribution in [3.8, 4) is 0 Å². The summed E-state index contributed by atoms with van der Waals surface area (Å²) in [4.78, 5) is 0. The highest BCUT2D eigenvalue weighted by atomic mass is 19.4. The van der Waals surface area contributed by atoms with E-state index in [0.717, 1.165) is 17.7 Å². The van der Waals surface area contributed by atoms with Crippen LogP contribution in [0.15, 0.2) is 35.5 Å². The third-order valence-corrected chi connectivity index (χ3v) is 1.61. The molecule has 0 amide bonds. The van der Waals surface area contributed by atoms with Crippen molar-refractivity contribution in [3.05, 3.63) is 35.5 Å². The second kappa shape index (κ2) is 3.17. The molecule has 1 aliphatic carbocycles. The molecule has 0 heterocycles. The lowest BCUT2D eigenvalue weighted by molar-refractivity contribution is -0.0881. The number of hydrogen-bond acceptors (Lipinski definition) is 0. The van der Waals surface area contributed by atoms with Gasteiger partial charge in [0.25, 0.3) is 0 Å². The van der Waals surface area contributed by atoms with Crippen LogP contribution in [-0.2, 0) is 0 Å². The predicted octanol–water partition coefficient (Wildman–Crippen LogP) is 3.38. The third kappa shape index (κ3) is 2.26. The van der Waals surface area contributed by atoms with Crippen LogP contribution in [0.2, 0.25) is 0 Å². The molecular weight excluding hydrogens is 165 g/mol. The summed E-state index contributed by atoms with van der Waals surface area (Å²) in [7, 11) is 0. The Morgan fingerprint density at radius 2 is 1.92 bits per heavy atom. The molecular formula is C9H9F3. The first-order valence-electron chi connectivity index (χ1n) is 3.61. The highest BCUT2D eigenvalue weighted by Crippen LogP contribution is 2.28. The van der Waals surface area contributed by atoms with Gasteiger partial charge in [-0.25, -0.2) is 0 Å². The van der Waals surface area contributed by atoms with E-state index in [-0.39, 0.29) is 0 Å². The summed E-state index contributed by atoms with van der Waals surface area (Å²) in [6.45, 7) is 1.81. The van der Waals surface area contributed by atoms with Crippen molar-refractivity contribution >= 4 is 0 Å². The molecule has 0 aromatic rings. The number of allylic oxidation sites excluding steroid dienone is 6. The van der Waals surface area contributed by atoms with Gasteiger partial charge in [0, 0.05) is 0 Å². The van der Waals surface area contributed by atoms with Gasteiger partial charge < -0.3 is 0 Å². The van der Waals surface area contributed by atoms with Crippen molar-refractivity contribution in [2.24, 2.45) is 0 Å². The van der Waals surface area contributed by atoms with Gasteiger partial charge in [0.2, 0.25) is 0 Å². The lowest BCUT2D eigenvalue weighted by Crippen LogP contribution is -2.09. The van der Waals surface area contributed by atoms with E-state index >= 15 is 0 Å². The summed E-state index contributed by atoms with van der Waals surface area (Å²) in [5.41, 5.74) is 0.352. The first kappa shape index (κ1) is 9.10. The number of rotatable bonds is 0. The molecule has 1 aliphatic rings. The SMILES string of the molecule is CC1=CC=C(C(F)(F)F)C=CC1. The number of halogens is 3. The average Bonchev–Trinajstić information content (AvgIpc) is 2.11. The molecule has 0 nitrogen and oxygen atoms in total. The molecule has 1 rings (SSSR count). The van der Waals surface area contributed by atoms with Crippen LogP contribution < -0.4 is 0 Å². The van der Waals surface area contributed by atoms with E-state index < -0.39 is 11.7 Å². The Kier molecular flexibility index (Phi) is 2.40. The second-order valence-electron chi connectivity index (χ2n) is 2.74. The van der Waals surface area contributed by atoms with E-state index in [1.54, 1.807) is 6.92 Å². The molecule has 3 heteroatoms. The molecule has 0 fully saturated rings. The maximum Gasteiger partial charge on any atom is 0.416 e. The quantitative estimate of drug-likeness (QED) is 0.528. The molecule has 66 valence electrons. The Bertz CT molecular complexity index is 253. The van der Waals surface area contributed by atoms with Crippen LogP contribution in [0.1, 0.15) is 13.3 Å². The van der Waals surface area contributed by atoms with Crippen LogP contribution in [0, 0.1) is 0 Å². The Hall–Kier alpha value is -0.990. The minimum Gasteiger partial charge on any atom is -0.166 e. The smallest absolute Gasteiger partial charge is 0.166 e. The topological polar surface area (TPSA) is 0 Å². The van der Waals surface area contributed by atoms with Crippen LogP contribution in [0.25, 0.3) is 0 Å². The van der Waals surface area contributed by atoms with Crippen molar-refractivity contribution in [1.82, 2.24) is 0 Å². The van der Waals surface area contributed by atoms with Crippen molar-refractivity contribution in [2.45, 2.75) is 19.5 Å². The minimum atomic E-state index is -4.22. The van der Waals surface area contributed by atoms with Crippen molar-refractivity contribution < 1.29 is 13.2 Å². The molecule has 0 aromatic heterocycles. The maximum absolute atomic E-state index is 12.1. The van der Waals surface area contributed by atoms with Gasteiger partial charge in [-0.1, -0.05) is 29.9 Å². The standard InChI is InChI=1S/C9H9F3/c1-7-3-2-4-8(6-5-7)9(10,11)12/h2,4-6H,3H2,1H3. The molecule has 12 heavy (non-hydrogen) atoms. The molecule has 0 bridgehead atoms. The largest absolute Gasteiger partial charge is 0.416 e. The van der Waals surface area contributed by atoms with Crippen molar-refractivity contribution in [2.75, 3.05) is 0 Å². The lowest BCUT2D eigenvalue weighted by atomic mass is 10.2. The van der Waals surface area contributed by atoms with E-state index in [1.165, 1.54) is 12.2 Å². The van der Waals surface area contributed by atoms with E-state index in [2.05, 4.69) is 0 Å². The fourth-order valence-electron chi connectivity index (χ4n) is 0.916. The van der Waals surface area contributed by atoms with Crippen LogP contribution in [-0.4, -0.2) is 6.18 Å². The van der Waals surface area contributed by atoms with Gasteiger partial charge in [-0.2, -0.15) is 13.2 Å². The van der Waals surface area contributed by atoms with Gasteiger partial charge >= 0.3 is 6.18 Å². The Morgan fingerprint density at radius 1 is 1.25 bits per heavy atom. The Labute approximate surface area is 69.1 Å². The van der Waals surface area contributed by atoms with Gasteiger partial charge in [0.05, 0.1) is 5.57 Å². The van der Waals surface area contributed by atoms with E-state index in [1.807, 2.05) is 0 Å². The molecule has 0 saturated carbocycles. The monoisotopic (exact) mass is 174 g/mol. The van der Waals surface area contributed by atoms with Gasteiger partial charge in [-0.3, -0.25) is 0 Å². The molecule has 0 spiro atoms. The normalized spacial score (nSPS) is 18.3. The van der Waals surface area contributed by atoms with Crippen LogP contribution in [0.5, 0.6) is 0 Å². The third-order valence-electron chi connectivity index (χ3n) is 1.61. The highest BCUT2D eigenvalue weighted by molar-refractivity contribution is 5.33. The second-order valence-corrected chi connectivity index (χ2v) is 2.74. The summed E-state index contributed by atoms with van der Waals surface area (Å²) in [5.74, 6) is 0. The summed E-state index contributed by atoms with van der Waals surface area (Å²) in [5, 5.41) is 0. The summed E-state index contributed by atoms with van der Waals surface area (Å²) < 4.78 is 36.3. The van der Waals surface area contributed by atoms with Crippen LogP contribution >= 0.6 is 0 Å². The molecule has 0 radical (unpaired) electrons. The fraction of sp³-hybridized carbons (Fsp3) is 0.333. The van der Waals surface area contributed by atoms with E-state index in [0.29, 0.717) is 6.42 Å². The van der Waals surface area contributed by atoms with Crippen molar-refractivity contribution in [1.29, 1.82) is 0 Å². The van der Waals surface area contributed by atoms with Gasteiger partial charge in [0.1, 0.15) is 0 Å². The summed E-state index contributed by atoms with van der Waals surface area (Å²) >= 11 is 0. The predicted molar refractivity (Wildman–Crippen MR) is 41.7 cm³/mol. The van der Waals surface area contributed by atoms with Crippen LogP contribution in [0.3, 0.4) is 0 Å². The van der Waals surface area contributed by atoms with Gasteiger partial charge in [-0.05, 0) is 13.3 Å². The van der Waals surface area contributed by atoms with Gasteiger partial charge in [-0.15, -0.1) is 0 Å². The zero-order valence-corrected chi connectivity index (χ0v) is 6.65. The zero-order chi connectivity index (χ0) is 9.19. The van der Waals surface area contributed by atoms with E-state index in [9.17, 15) is 13.2 Å². The molecule has 0 saturated heterocycles.